The molecule has 1 aromatic heterocycles. The third-order valence-electron chi connectivity index (χ3n) is 3.31. The topological polar surface area (TPSA) is 67.9 Å². The molecule has 1 saturated heterocycles. The number of rotatable bonds is 2. The minimum Gasteiger partial charge on any atom is -0.368 e. The molecule has 2 N–H and O–H groups in total. The second-order valence-electron chi connectivity index (χ2n) is 4.73. The van der Waals surface area contributed by atoms with Crippen molar-refractivity contribution in [2.45, 2.75) is 12.8 Å². The molecule has 8 heteroatoms. The van der Waals surface area contributed by atoms with Crippen LogP contribution in [0.3, 0.4) is 0 Å². The smallest absolute Gasteiger partial charge is 0.230 e. The Morgan fingerprint density at radius 3 is 2.38 bits per heavy atom. The first-order chi connectivity index (χ1) is 10.1. The van der Waals surface area contributed by atoms with Gasteiger partial charge in [0.2, 0.25) is 11.9 Å². The molecule has 2 aromatic rings. The van der Waals surface area contributed by atoms with Crippen LogP contribution in [0.15, 0.2) is 12.1 Å². The fourth-order valence-electron chi connectivity index (χ4n) is 2.26. The standard InChI is InChI=1S/C13H12F3N5/c14-8-4-3-7(9(15)10(8)16)11-18-12(17)20-13(19-11)21-5-1-2-6-21/h3-4H,1-2,5-6H2,(H2,17,18,19,20). The molecule has 5 nitrogen and oxygen atoms in total. The van der Waals surface area contributed by atoms with Crippen LogP contribution in [0.4, 0.5) is 25.1 Å². The highest BCUT2D eigenvalue weighted by Gasteiger charge is 2.21. The van der Waals surface area contributed by atoms with Crippen molar-refractivity contribution < 1.29 is 13.2 Å². The van der Waals surface area contributed by atoms with E-state index in [2.05, 4.69) is 15.0 Å². The van der Waals surface area contributed by atoms with Crippen LogP contribution in [-0.2, 0) is 0 Å². The molecule has 1 fully saturated rings. The van der Waals surface area contributed by atoms with Crippen molar-refractivity contribution in [1.29, 1.82) is 0 Å². The van der Waals surface area contributed by atoms with Crippen molar-refractivity contribution in [2.24, 2.45) is 0 Å². The molecule has 1 aliphatic heterocycles. The minimum absolute atomic E-state index is 0.0916. The summed E-state index contributed by atoms with van der Waals surface area (Å²) >= 11 is 0. The van der Waals surface area contributed by atoms with Crippen molar-refractivity contribution in [2.75, 3.05) is 23.7 Å². The Labute approximate surface area is 118 Å². The molecule has 1 aliphatic rings. The van der Waals surface area contributed by atoms with Gasteiger partial charge in [0.15, 0.2) is 23.3 Å². The summed E-state index contributed by atoms with van der Waals surface area (Å²) in [6.45, 7) is 1.53. The lowest BCUT2D eigenvalue weighted by molar-refractivity contribution is 0.448. The zero-order valence-electron chi connectivity index (χ0n) is 11.0. The van der Waals surface area contributed by atoms with E-state index in [9.17, 15) is 13.2 Å². The third kappa shape index (κ3) is 2.48. The van der Waals surface area contributed by atoms with Gasteiger partial charge in [-0.3, -0.25) is 0 Å². The molecule has 0 aliphatic carbocycles. The molecule has 110 valence electrons. The van der Waals surface area contributed by atoms with Crippen LogP contribution < -0.4 is 10.6 Å². The fraction of sp³-hybridized carbons (Fsp3) is 0.308. The maximum Gasteiger partial charge on any atom is 0.230 e. The van der Waals surface area contributed by atoms with Crippen molar-refractivity contribution in [3.05, 3.63) is 29.6 Å². The van der Waals surface area contributed by atoms with Gasteiger partial charge < -0.3 is 10.6 Å². The summed E-state index contributed by atoms with van der Waals surface area (Å²) in [6.07, 6.45) is 2.00. The highest BCUT2D eigenvalue weighted by molar-refractivity contribution is 5.59. The van der Waals surface area contributed by atoms with E-state index in [0.717, 1.165) is 38.1 Å². The lowest BCUT2D eigenvalue weighted by atomic mass is 10.2. The lowest BCUT2D eigenvalue weighted by Crippen LogP contribution is -2.21. The van der Waals surface area contributed by atoms with Gasteiger partial charge in [-0.25, -0.2) is 13.2 Å². The molecule has 1 aromatic carbocycles. The summed E-state index contributed by atoms with van der Waals surface area (Å²) in [5.41, 5.74) is 5.36. The molecule has 21 heavy (non-hydrogen) atoms. The van der Waals surface area contributed by atoms with Gasteiger partial charge in [0.05, 0.1) is 5.56 Å². The summed E-state index contributed by atoms with van der Waals surface area (Å²) in [4.78, 5) is 13.8. The van der Waals surface area contributed by atoms with Gasteiger partial charge in [-0.15, -0.1) is 0 Å². The van der Waals surface area contributed by atoms with Gasteiger partial charge in [0, 0.05) is 13.1 Å². The molecule has 0 radical (unpaired) electrons. The Kier molecular flexibility index (Phi) is 3.36. The predicted molar refractivity (Wildman–Crippen MR) is 71.0 cm³/mol. The van der Waals surface area contributed by atoms with Crippen LogP contribution >= 0.6 is 0 Å². The summed E-state index contributed by atoms with van der Waals surface area (Å²) in [5, 5.41) is 0. The van der Waals surface area contributed by atoms with Gasteiger partial charge in [0.1, 0.15) is 0 Å². The van der Waals surface area contributed by atoms with E-state index in [4.69, 9.17) is 5.73 Å². The molecule has 0 unspecified atom stereocenters. The van der Waals surface area contributed by atoms with E-state index in [-0.39, 0.29) is 17.3 Å². The summed E-state index contributed by atoms with van der Waals surface area (Å²) < 4.78 is 40.1. The maximum atomic E-state index is 13.8. The van der Waals surface area contributed by atoms with E-state index >= 15 is 0 Å². The van der Waals surface area contributed by atoms with Crippen LogP contribution in [0.25, 0.3) is 11.4 Å². The predicted octanol–water partition coefficient (Wildman–Crippen LogP) is 2.14. The van der Waals surface area contributed by atoms with Crippen LogP contribution in [0.5, 0.6) is 0 Å². The van der Waals surface area contributed by atoms with Gasteiger partial charge in [-0.1, -0.05) is 0 Å². The highest BCUT2D eigenvalue weighted by atomic mass is 19.2. The number of halogens is 3. The molecular formula is C13H12F3N5. The number of nitrogen functional groups attached to an aromatic ring is 1. The number of anilines is 2. The molecule has 0 amide bonds. The number of nitrogens with zero attached hydrogens (tertiary/aromatic N) is 4. The van der Waals surface area contributed by atoms with E-state index < -0.39 is 17.5 Å². The van der Waals surface area contributed by atoms with Gasteiger partial charge in [0.25, 0.3) is 0 Å². The monoisotopic (exact) mass is 295 g/mol. The molecule has 0 bridgehead atoms. The van der Waals surface area contributed by atoms with E-state index in [1.807, 2.05) is 4.90 Å². The Balaban J connectivity index is 2.08. The first-order valence-corrected chi connectivity index (χ1v) is 6.46. The second-order valence-corrected chi connectivity index (χ2v) is 4.73. The van der Waals surface area contributed by atoms with E-state index in [1.54, 1.807) is 0 Å². The lowest BCUT2D eigenvalue weighted by Gasteiger charge is -2.15. The van der Waals surface area contributed by atoms with Crippen molar-refractivity contribution in [3.63, 3.8) is 0 Å². The first kappa shape index (κ1) is 13.6. The van der Waals surface area contributed by atoms with Gasteiger partial charge in [-0.2, -0.15) is 15.0 Å². The van der Waals surface area contributed by atoms with Crippen LogP contribution in [0.2, 0.25) is 0 Å². The number of hydrogen-bond donors (Lipinski definition) is 1. The first-order valence-electron chi connectivity index (χ1n) is 6.46. The summed E-state index contributed by atoms with van der Waals surface area (Å²) in [5.74, 6) is -4.05. The SMILES string of the molecule is Nc1nc(-c2ccc(F)c(F)c2F)nc(N2CCCC2)n1. The van der Waals surface area contributed by atoms with Crippen molar-refractivity contribution in [3.8, 4) is 11.4 Å². The average molecular weight is 295 g/mol. The Morgan fingerprint density at radius 2 is 1.67 bits per heavy atom. The van der Waals surface area contributed by atoms with Crippen molar-refractivity contribution in [1.82, 2.24) is 15.0 Å². The van der Waals surface area contributed by atoms with E-state index in [1.165, 1.54) is 0 Å². The largest absolute Gasteiger partial charge is 0.368 e. The third-order valence-corrected chi connectivity index (χ3v) is 3.31. The Bertz CT molecular complexity index is 686. The number of hydrogen-bond acceptors (Lipinski definition) is 5. The molecule has 0 saturated carbocycles. The number of aromatic nitrogens is 3. The molecule has 2 heterocycles. The second kappa shape index (κ2) is 5.19. The number of nitrogens with two attached hydrogens (primary N) is 1. The molecule has 0 atom stereocenters. The quantitative estimate of drug-likeness (QED) is 0.860. The Hall–Kier alpha value is -2.38. The van der Waals surface area contributed by atoms with Gasteiger partial charge >= 0.3 is 0 Å². The molecule has 3 rings (SSSR count). The maximum absolute atomic E-state index is 13.8. The zero-order valence-corrected chi connectivity index (χ0v) is 11.0. The summed E-state index contributed by atoms with van der Waals surface area (Å²) in [6, 6.07) is 1.90. The highest BCUT2D eigenvalue weighted by Crippen LogP contribution is 2.25. The van der Waals surface area contributed by atoms with Crippen LogP contribution in [-0.4, -0.2) is 28.0 Å². The zero-order chi connectivity index (χ0) is 15.0. The van der Waals surface area contributed by atoms with E-state index in [0.29, 0.717) is 5.95 Å². The van der Waals surface area contributed by atoms with Crippen LogP contribution in [0.1, 0.15) is 12.8 Å². The fourth-order valence-corrected chi connectivity index (χ4v) is 2.26. The normalized spacial score (nSPS) is 14.7. The number of benzene rings is 1. The van der Waals surface area contributed by atoms with Crippen LogP contribution in [0, 0.1) is 17.5 Å². The summed E-state index contributed by atoms with van der Waals surface area (Å²) in [7, 11) is 0. The molecule has 0 spiro atoms. The molecular weight excluding hydrogens is 283 g/mol. The Morgan fingerprint density at radius 1 is 0.952 bits per heavy atom. The van der Waals surface area contributed by atoms with Gasteiger partial charge in [-0.05, 0) is 25.0 Å². The van der Waals surface area contributed by atoms with Crippen molar-refractivity contribution >= 4 is 11.9 Å². The minimum atomic E-state index is -1.56. The average Bonchev–Trinajstić information content (AvgIpc) is 2.98.